The Bertz CT molecular complexity index is 2360. The molecule has 0 bridgehead atoms. The quantitative estimate of drug-likeness (QED) is 0.109. The first-order valence-electron chi connectivity index (χ1n) is 16.8. The van der Waals surface area contributed by atoms with Crippen LogP contribution in [-0.4, -0.2) is 72.0 Å². The minimum atomic E-state index is -3.80. The second kappa shape index (κ2) is 18.4. The summed E-state index contributed by atoms with van der Waals surface area (Å²) >= 11 is 2.38. The summed E-state index contributed by atoms with van der Waals surface area (Å²) in [7, 11) is -4.09. The SMILES string of the molecule is CN(Cc1csc(NC(=O)NCc2cccc(F)c2)n1)S(=O)(=O)C1CC1.Cc1noc(C)c1S(=O)(=O)N(C)Cc1csc(NC(=O)NCc2cccc(F)c2)n1. The number of hydrogen-bond donors (Lipinski definition) is 4. The summed E-state index contributed by atoms with van der Waals surface area (Å²) in [6, 6.07) is 10.9. The fraction of sp³-hybridized carbons (Fsp3) is 0.324. The molecule has 0 aliphatic heterocycles. The zero-order valence-corrected chi connectivity index (χ0v) is 33.8. The highest BCUT2D eigenvalue weighted by molar-refractivity contribution is 7.90. The Morgan fingerprint density at radius 2 is 1.29 bits per heavy atom. The van der Waals surface area contributed by atoms with Crippen LogP contribution in [0, 0.1) is 25.5 Å². The van der Waals surface area contributed by atoms with Crippen molar-refractivity contribution in [3.63, 3.8) is 0 Å². The van der Waals surface area contributed by atoms with Crippen molar-refractivity contribution >= 4 is 65.0 Å². The summed E-state index contributed by atoms with van der Waals surface area (Å²) in [5.41, 5.74) is 2.60. The normalized spacial score (nSPS) is 12.9. The van der Waals surface area contributed by atoms with Gasteiger partial charge in [-0.2, -0.15) is 8.61 Å². The number of benzene rings is 2. The first-order chi connectivity index (χ1) is 26.5. The molecular formula is C34H39F2N9O7S4. The molecule has 5 aromatic rings. The number of hydrogen-bond acceptors (Lipinski definition) is 12. The molecule has 16 nitrogen and oxygen atoms in total. The van der Waals surface area contributed by atoms with E-state index in [4.69, 9.17) is 4.52 Å². The number of urea groups is 2. The number of carbonyl (C=O) groups excluding carboxylic acids is 2. The average Bonchev–Trinajstić information content (AvgIpc) is 3.65. The standard InChI is InChI=1S/C18H20FN5O4S2.C16H19FN4O3S2/c1-11-16(12(2)28-23-11)30(26,27)24(3)9-15-10-29-18(21-15)22-17(25)20-8-13-5-4-6-14(19)7-13;1-21(26(23,24)14-5-6-14)9-13-10-25-16(19-13)20-15(22)18-8-11-3-2-4-12(17)7-11/h4-7,10H,8-9H2,1-3H3,(H2,20,21,22,25);2-4,7,10,14H,5-6,8-9H2,1H3,(H2,18,19,20,22). The van der Waals surface area contributed by atoms with Gasteiger partial charge in [-0.25, -0.2) is 45.2 Å². The maximum Gasteiger partial charge on any atom is 0.321 e. The summed E-state index contributed by atoms with van der Waals surface area (Å²) in [5, 5.41) is 17.8. The van der Waals surface area contributed by atoms with E-state index in [0.29, 0.717) is 45.6 Å². The van der Waals surface area contributed by atoms with Crippen molar-refractivity contribution in [3.8, 4) is 0 Å². The Kier molecular flexibility index (Phi) is 13.9. The maximum absolute atomic E-state index is 13.2. The molecule has 3 aromatic heterocycles. The number of nitrogens with zero attached hydrogens (tertiary/aromatic N) is 5. The van der Waals surface area contributed by atoms with Crippen molar-refractivity contribution in [2.75, 3.05) is 24.7 Å². The van der Waals surface area contributed by atoms with E-state index >= 15 is 0 Å². The van der Waals surface area contributed by atoms with E-state index in [9.17, 15) is 35.2 Å². The lowest BCUT2D eigenvalue weighted by Crippen LogP contribution is -2.30. The van der Waals surface area contributed by atoms with Gasteiger partial charge in [-0.1, -0.05) is 29.4 Å². The Morgan fingerprint density at radius 1 is 0.804 bits per heavy atom. The van der Waals surface area contributed by atoms with Gasteiger partial charge in [0.25, 0.3) is 0 Å². The molecule has 4 amide bonds. The molecule has 0 saturated heterocycles. The predicted molar refractivity (Wildman–Crippen MR) is 207 cm³/mol. The first-order valence-corrected chi connectivity index (χ1v) is 21.5. The number of aryl methyl sites for hydroxylation is 2. The van der Waals surface area contributed by atoms with Crippen LogP contribution >= 0.6 is 22.7 Å². The van der Waals surface area contributed by atoms with E-state index in [1.165, 1.54) is 60.9 Å². The van der Waals surface area contributed by atoms with Gasteiger partial charge in [-0.3, -0.25) is 10.6 Å². The largest absolute Gasteiger partial charge is 0.360 e. The number of nitrogens with one attached hydrogen (secondary N) is 4. The van der Waals surface area contributed by atoms with Gasteiger partial charge in [-0.05, 0) is 62.1 Å². The molecule has 300 valence electrons. The van der Waals surface area contributed by atoms with Gasteiger partial charge in [0, 0.05) is 37.9 Å². The topological polar surface area (TPSA) is 209 Å². The van der Waals surface area contributed by atoms with E-state index < -0.39 is 32.1 Å². The molecule has 1 aliphatic rings. The Morgan fingerprint density at radius 3 is 1.71 bits per heavy atom. The fourth-order valence-electron chi connectivity index (χ4n) is 5.07. The number of amides is 4. The van der Waals surface area contributed by atoms with Crippen molar-refractivity contribution in [2.24, 2.45) is 0 Å². The van der Waals surface area contributed by atoms with Crippen molar-refractivity contribution < 1.29 is 39.7 Å². The van der Waals surface area contributed by atoms with Crippen LogP contribution in [0.25, 0.3) is 0 Å². The number of carbonyl (C=O) groups is 2. The molecule has 1 aliphatic carbocycles. The Labute approximate surface area is 330 Å². The molecule has 1 saturated carbocycles. The molecule has 0 atom stereocenters. The lowest BCUT2D eigenvalue weighted by Gasteiger charge is -2.15. The predicted octanol–water partition coefficient (Wildman–Crippen LogP) is 5.56. The second-order valence-electron chi connectivity index (χ2n) is 12.6. The van der Waals surface area contributed by atoms with Crippen LogP contribution in [0.15, 0.2) is 68.7 Å². The molecule has 4 N–H and O–H groups in total. The van der Waals surface area contributed by atoms with Crippen LogP contribution in [0.5, 0.6) is 0 Å². The van der Waals surface area contributed by atoms with E-state index in [1.54, 1.807) is 41.9 Å². The van der Waals surface area contributed by atoms with Crippen molar-refractivity contribution in [1.82, 2.24) is 34.4 Å². The van der Waals surface area contributed by atoms with Gasteiger partial charge >= 0.3 is 12.1 Å². The maximum atomic E-state index is 13.2. The van der Waals surface area contributed by atoms with Crippen molar-refractivity contribution in [1.29, 1.82) is 0 Å². The lowest BCUT2D eigenvalue weighted by atomic mass is 10.2. The third-order valence-corrected chi connectivity index (χ3v) is 14.0. The minimum absolute atomic E-state index is 0.00941. The number of rotatable bonds is 14. The highest BCUT2D eigenvalue weighted by atomic mass is 32.2. The summed E-state index contributed by atoms with van der Waals surface area (Å²) in [6.07, 6.45) is 1.42. The third kappa shape index (κ3) is 11.6. The van der Waals surface area contributed by atoms with Crippen LogP contribution in [0.1, 0.15) is 46.8 Å². The molecule has 6 rings (SSSR count). The fourth-order valence-corrected chi connectivity index (χ4v) is 9.44. The summed E-state index contributed by atoms with van der Waals surface area (Å²) < 4.78 is 83.4. The number of sulfonamides is 2. The van der Waals surface area contributed by atoms with Gasteiger partial charge in [0.15, 0.2) is 16.0 Å². The molecular weight excluding hydrogens is 813 g/mol. The molecule has 1 fully saturated rings. The molecule has 22 heteroatoms. The van der Waals surface area contributed by atoms with Crippen LogP contribution in [-0.2, 0) is 46.2 Å². The third-order valence-electron chi connectivity index (χ3n) is 8.01. The smallest absolute Gasteiger partial charge is 0.321 e. The molecule has 0 spiro atoms. The van der Waals surface area contributed by atoms with E-state index in [-0.39, 0.29) is 59.4 Å². The van der Waals surface area contributed by atoms with Crippen LogP contribution in [0.4, 0.5) is 28.6 Å². The van der Waals surface area contributed by atoms with Crippen molar-refractivity contribution in [2.45, 2.75) is 63.0 Å². The molecule has 0 radical (unpaired) electrons. The Hall–Kier alpha value is -4.87. The van der Waals surface area contributed by atoms with Gasteiger partial charge < -0.3 is 15.2 Å². The average molecular weight is 852 g/mol. The second-order valence-corrected chi connectivity index (χ2v) is 18.6. The molecule has 2 aromatic carbocycles. The van der Waals surface area contributed by atoms with E-state index in [1.807, 2.05) is 0 Å². The number of halogens is 2. The van der Waals surface area contributed by atoms with E-state index in [0.717, 1.165) is 15.6 Å². The van der Waals surface area contributed by atoms with Gasteiger partial charge in [0.1, 0.15) is 22.2 Å². The van der Waals surface area contributed by atoms with Crippen LogP contribution in [0.3, 0.4) is 0 Å². The van der Waals surface area contributed by atoms with Gasteiger partial charge in [0.05, 0.1) is 29.7 Å². The highest BCUT2D eigenvalue weighted by Crippen LogP contribution is 2.31. The minimum Gasteiger partial charge on any atom is -0.360 e. The van der Waals surface area contributed by atoms with Crippen LogP contribution in [0.2, 0.25) is 0 Å². The molecule has 0 unspecified atom stereocenters. The summed E-state index contributed by atoms with van der Waals surface area (Å²) in [4.78, 5) is 32.4. The van der Waals surface area contributed by atoms with Crippen LogP contribution < -0.4 is 21.3 Å². The summed E-state index contributed by atoms with van der Waals surface area (Å²) in [5.74, 6) is -0.524. The lowest BCUT2D eigenvalue weighted by molar-refractivity contribution is 0.251. The monoisotopic (exact) mass is 851 g/mol. The highest BCUT2D eigenvalue weighted by Gasteiger charge is 2.38. The van der Waals surface area contributed by atoms with Gasteiger partial charge in [0.2, 0.25) is 20.0 Å². The summed E-state index contributed by atoms with van der Waals surface area (Å²) in [6.45, 7) is 3.61. The zero-order chi connectivity index (χ0) is 40.6. The van der Waals surface area contributed by atoms with Gasteiger partial charge in [-0.15, -0.1) is 22.7 Å². The number of anilines is 2. The molecule has 3 heterocycles. The Balaban J connectivity index is 0.000000216. The first kappa shape index (κ1) is 42.3. The zero-order valence-electron chi connectivity index (χ0n) is 30.6. The number of thiazole rings is 2. The molecule has 56 heavy (non-hydrogen) atoms. The number of aromatic nitrogens is 3. The van der Waals surface area contributed by atoms with E-state index in [2.05, 4.69) is 36.4 Å². The van der Waals surface area contributed by atoms with Crippen molar-refractivity contribution in [3.05, 3.63) is 105 Å².